The third kappa shape index (κ3) is 4.51. The van der Waals surface area contributed by atoms with E-state index in [1.54, 1.807) is 4.52 Å². The smallest absolute Gasteiger partial charge is 0.253 e. The fraction of sp³-hybridized carbons (Fsp3) is 0.423. The molecule has 0 N–H and O–H groups in total. The van der Waals surface area contributed by atoms with Gasteiger partial charge in [-0.15, -0.1) is 0 Å². The second-order valence-electron chi connectivity index (χ2n) is 9.12. The number of amides is 2. The van der Waals surface area contributed by atoms with E-state index < -0.39 is 0 Å². The summed E-state index contributed by atoms with van der Waals surface area (Å²) in [5, 5.41) is 13.5. The first kappa shape index (κ1) is 23.4. The number of carbonyl (C=O) groups is 2. The summed E-state index contributed by atoms with van der Waals surface area (Å²) >= 11 is 0. The number of rotatable bonds is 5. The summed E-state index contributed by atoms with van der Waals surface area (Å²) in [4.78, 5) is 34.0. The van der Waals surface area contributed by atoms with Crippen molar-refractivity contribution in [2.45, 2.75) is 46.5 Å². The Kier molecular flexibility index (Phi) is 6.64. The average molecular weight is 459 g/mol. The van der Waals surface area contributed by atoms with Crippen molar-refractivity contribution in [1.82, 2.24) is 24.4 Å². The molecule has 1 saturated heterocycles. The molecule has 1 aliphatic heterocycles. The molecule has 176 valence electrons. The van der Waals surface area contributed by atoms with Gasteiger partial charge in [-0.3, -0.25) is 9.59 Å². The van der Waals surface area contributed by atoms with Crippen molar-refractivity contribution in [2.75, 3.05) is 26.2 Å². The third-order valence-electron chi connectivity index (χ3n) is 6.66. The average Bonchev–Trinajstić information content (AvgIpc) is 3.26. The van der Waals surface area contributed by atoms with E-state index in [2.05, 4.69) is 30.0 Å². The molecule has 3 aromatic rings. The number of nitriles is 1. The lowest BCUT2D eigenvalue weighted by atomic mass is 10.0. The first-order valence-corrected chi connectivity index (χ1v) is 11.7. The van der Waals surface area contributed by atoms with Crippen LogP contribution in [0.2, 0.25) is 0 Å². The number of hydrogen-bond acceptors (Lipinski definition) is 5. The van der Waals surface area contributed by atoms with Crippen molar-refractivity contribution >= 4 is 17.5 Å². The molecule has 34 heavy (non-hydrogen) atoms. The van der Waals surface area contributed by atoms with Crippen LogP contribution in [0.25, 0.3) is 5.65 Å². The van der Waals surface area contributed by atoms with Crippen LogP contribution in [-0.2, 0) is 11.2 Å². The molecule has 0 atom stereocenters. The molecule has 0 saturated carbocycles. The van der Waals surface area contributed by atoms with Crippen LogP contribution in [-0.4, -0.2) is 62.4 Å². The van der Waals surface area contributed by atoms with Crippen molar-refractivity contribution < 1.29 is 9.59 Å². The first-order valence-electron chi connectivity index (χ1n) is 11.7. The minimum absolute atomic E-state index is 0.0176. The Balaban J connectivity index is 1.34. The van der Waals surface area contributed by atoms with E-state index in [1.807, 2.05) is 47.9 Å². The fourth-order valence-electron chi connectivity index (χ4n) is 4.49. The number of fused-ring (bicyclic) bond motifs is 1. The molecule has 0 spiro atoms. The standard InChI is InChI=1S/C26H30N6O2/c1-17(2)20-5-7-21(8-6-20)26(34)31-13-11-30(12-14-31)24(33)10-9-23-18(3)29-25-22(15-27)16-28-32(25)19(23)4/h5-8,16-17H,9-14H2,1-4H3. The molecule has 0 unspecified atom stereocenters. The van der Waals surface area contributed by atoms with Gasteiger partial charge in [-0.25, -0.2) is 9.50 Å². The largest absolute Gasteiger partial charge is 0.339 e. The summed E-state index contributed by atoms with van der Waals surface area (Å²) in [6.45, 7) is 10.2. The highest BCUT2D eigenvalue weighted by atomic mass is 16.2. The molecule has 2 amide bonds. The Morgan fingerprint density at radius 2 is 1.71 bits per heavy atom. The summed E-state index contributed by atoms with van der Waals surface area (Å²) in [5.74, 6) is 0.521. The summed E-state index contributed by atoms with van der Waals surface area (Å²) in [6.07, 6.45) is 2.44. The molecule has 1 fully saturated rings. The highest BCUT2D eigenvalue weighted by molar-refractivity contribution is 5.94. The SMILES string of the molecule is Cc1nc2c(C#N)cnn2c(C)c1CCC(=O)N1CCN(C(=O)c2ccc(C(C)C)cc2)CC1. The normalized spacial score (nSPS) is 14.0. The Morgan fingerprint density at radius 3 is 2.32 bits per heavy atom. The summed E-state index contributed by atoms with van der Waals surface area (Å²) in [7, 11) is 0. The van der Waals surface area contributed by atoms with Crippen molar-refractivity contribution in [2.24, 2.45) is 0 Å². The van der Waals surface area contributed by atoms with Gasteiger partial charge in [0, 0.05) is 49.6 Å². The zero-order chi connectivity index (χ0) is 24.4. The highest BCUT2D eigenvalue weighted by Gasteiger charge is 2.25. The van der Waals surface area contributed by atoms with E-state index in [1.165, 1.54) is 11.8 Å². The number of aryl methyl sites for hydroxylation is 2. The van der Waals surface area contributed by atoms with Crippen molar-refractivity contribution in [3.8, 4) is 6.07 Å². The molecule has 3 heterocycles. The van der Waals surface area contributed by atoms with E-state index in [-0.39, 0.29) is 11.8 Å². The zero-order valence-electron chi connectivity index (χ0n) is 20.2. The maximum atomic E-state index is 12.9. The summed E-state index contributed by atoms with van der Waals surface area (Å²) in [6, 6.07) is 9.92. The van der Waals surface area contributed by atoms with Crippen LogP contribution in [0.5, 0.6) is 0 Å². The van der Waals surface area contributed by atoms with Gasteiger partial charge in [0.1, 0.15) is 11.6 Å². The molecule has 1 aromatic carbocycles. The van der Waals surface area contributed by atoms with E-state index in [9.17, 15) is 14.9 Å². The number of carbonyl (C=O) groups excluding carboxylic acids is 2. The lowest BCUT2D eigenvalue weighted by Gasteiger charge is -2.35. The van der Waals surface area contributed by atoms with Gasteiger partial charge in [0.2, 0.25) is 5.91 Å². The zero-order valence-corrected chi connectivity index (χ0v) is 20.2. The number of piperazine rings is 1. The topological polar surface area (TPSA) is 94.6 Å². The maximum Gasteiger partial charge on any atom is 0.253 e. The molecule has 0 aliphatic carbocycles. The van der Waals surface area contributed by atoms with Crippen molar-refractivity contribution in [3.63, 3.8) is 0 Å². The lowest BCUT2D eigenvalue weighted by Crippen LogP contribution is -2.50. The Hall–Kier alpha value is -3.73. The van der Waals surface area contributed by atoms with Crippen LogP contribution in [0.15, 0.2) is 30.5 Å². The molecule has 4 rings (SSSR count). The van der Waals surface area contributed by atoms with E-state index >= 15 is 0 Å². The van der Waals surface area contributed by atoms with Crippen LogP contribution in [0.3, 0.4) is 0 Å². The predicted molar refractivity (Wildman–Crippen MR) is 129 cm³/mol. The molecular formula is C26H30N6O2. The van der Waals surface area contributed by atoms with Gasteiger partial charge in [-0.05, 0) is 49.4 Å². The van der Waals surface area contributed by atoms with Crippen LogP contribution >= 0.6 is 0 Å². The van der Waals surface area contributed by atoms with Gasteiger partial charge in [0.05, 0.1) is 6.20 Å². The van der Waals surface area contributed by atoms with Gasteiger partial charge < -0.3 is 9.80 Å². The minimum Gasteiger partial charge on any atom is -0.339 e. The highest BCUT2D eigenvalue weighted by Crippen LogP contribution is 2.20. The van der Waals surface area contributed by atoms with Gasteiger partial charge in [-0.2, -0.15) is 10.4 Å². The van der Waals surface area contributed by atoms with Crippen LogP contribution < -0.4 is 0 Å². The predicted octanol–water partition coefficient (Wildman–Crippen LogP) is 3.26. The Labute approximate surface area is 199 Å². The fourth-order valence-corrected chi connectivity index (χ4v) is 4.49. The van der Waals surface area contributed by atoms with Crippen LogP contribution in [0, 0.1) is 25.2 Å². The van der Waals surface area contributed by atoms with Crippen LogP contribution in [0.4, 0.5) is 0 Å². The molecule has 1 aliphatic rings. The quantitative estimate of drug-likeness (QED) is 0.585. The van der Waals surface area contributed by atoms with Gasteiger partial charge in [0.25, 0.3) is 5.91 Å². The molecule has 2 aromatic heterocycles. The Morgan fingerprint density at radius 1 is 1.06 bits per heavy atom. The number of hydrogen-bond donors (Lipinski definition) is 0. The van der Waals surface area contributed by atoms with Gasteiger partial charge in [0.15, 0.2) is 5.65 Å². The first-order chi connectivity index (χ1) is 16.3. The molecular weight excluding hydrogens is 428 g/mol. The summed E-state index contributed by atoms with van der Waals surface area (Å²) in [5.41, 5.74) is 5.59. The van der Waals surface area contributed by atoms with Crippen LogP contribution in [0.1, 0.15) is 64.6 Å². The minimum atomic E-state index is 0.0176. The second kappa shape index (κ2) is 9.64. The van der Waals surface area contributed by atoms with E-state index in [0.717, 1.165) is 17.0 Å². The Bertz CT molecular complexity index is 1260. The van der Waals surface area contributed by atoms with Gasteiger partial charge in [-0.1, -0.05) is 26.0 Å². The third-order valence-corrected chi connectivity index (χ3v) is 6.66. The number of aromatic nitrogens is 3. The molecule has 8 heteroatoms. The molecule has 0 bridgehead atoms. The van der Waals surface area contributed by atoms with Crippen molar-refractivity contribution in [1.29, 1.82) is 5.26 Å². The van der Waals surface area contributed by atoms with Gasteiger partial charge >= 0.3 is 0 Å². The maximum absolute atomic E-state index is 12.9. The van der Waals surface area contributed by atoms with Crippen molar-refractivity contribution in [3.05, 3.63) is 64.1 Å². The van der Waals surface area contributed by atoms with E-state index in [4.69, 9.17) is 0 Å². The lowest BCUT2D eigenvalue weighted by molar-refractivity contribution is -0.132. The number of nitrogens with zero attached hydrogens (tertiary/aromatic N) is 6. The monoisotopic (exact) mass is 458 g/mol. The number of benzene rings is 1. The van der Waals surface area contributed by atoms with E-state index in [0.29, 0.717) is 61.7 Å². The summed E-state index contributed by atoms with van der Waals surface area (Å²) < 4.78 is 1.67. The second-order valence-corrected chi connectivity index (χ2v) is 9.12. The molecule has 8 nitrogen and oxygen atoms in total. The molecule has 0 radical (unpaired) electrons.